The number of ether oxygens (including phenoxy) is 1. The molecular weight excluding hydrogens is 536 g/mol. The number of ketones is 2. The third-order valence-electron chi connectivity index (χ3n) is 8.23. The monoisotopic (exact) mass is 580 g/mol. The first-order chi connectivity index (χ1) is 20.1. The normalized spacial score (nSPS) is 18.0. The summed E-state index contributed by atoms with van der Waals surface area (Å²) in [6.07, 6.45) is 3.51. The van der Waals surface area contributed by atoms with Gasteiger partial charge in [0.1, 0.15) is 6.04 Å². The van der Waals surface area contributed by atoms with E-state index < -0.39 is 23.9 Å². The first-order valence-electron chi connectivity index (χ1n) is 15.0. The van der Waals surface area contributed by atoms with Gasteiger partial charge in [-0.25, -0.2) is 0 Å². The average molecular weight is 581 g/mol. The molecule has 2 fully saturated rings. The van der Waals surface area contributed by atoms with Crippen LogP contribution in [0.5, 0.6) is 0 Å². The van der Waals surface area contributed by atoms with E-state index in [1.165, 1.54) is 7.11 Å². The van der Waals surface area contributed by atoms with Crippen LogP contribution in [0.25, 0.3) is 0 Å². The summed E-state index contributed by atoms with van der Waals surface area (Å²) in [6, 6.07) is 9.46. The molecule has 1 saturated heterocycles. The van der Waals surface area contributed by atoms with Gasteiger partial charge in [0.05, 0.1) is 19.2 Å². The average Bonchev–Trinajstić information content (AvgIpc) is 3.51. The fourth-order valence-electron chi connectivity index (χ4n) is 5.26. The van der Waals surface area contributed by atoms with E-state index in [0.717, 1.165) is 37.9 Å². The molecule has 4 rings (SSSR count). The first-order valence-corrected chi connectivity index (χ1v) is 15.0. The van der Waals surface area contributed by atoms with Gasteiger partial charge in [-0.05, 0) is 56.7 Å². The number of hydrogen-bond acceptors (Lipinski definition) is 8. The van der Waals surface area contributed by atoms with E-state index >= 15 is 0 Å². The highest BCUT2D eigenvalue weighted by molar-refractivity contribution is 5.98. The number of nitrogens with zero attached hydrogens (tertiary/aromatic N) is 2. The lowest BCUT2D eigenvalue weighted by molar-refractivity contribution is -0.134. The summed E-state index contributed by atoms with van der Waals surface area (Å²) in [6.45, 7) is 8.47. The molecule has 2 amide bonds. The van der Waals surface area contributed by atoms with Gasteiger partial charge in [-0.15, -0.1) is 0 Å². The lowest BCUT2D eigenvalue weighted by Gasteiger charge is -2.29. The summed E-state index contributed by atoms with van der Waals surface area (Å²) in [5.74, 6) is -1.12. The Bertz CT molecular complexity index is 1230. The Balaban J connectivity index is 1.46. The molecule has 2 N–H and O–H groups in total. The Morgan fingerprint density at radius 1 is 1.07 bits per heavy atom. The van der Waals surface area contributed by atoms with Crippen molar-refractivity contribution in [2.45, 2.75) is 77.9 Å². The summed E-state index contributed by atoms with van der Waals surface area (Å²) in [4.78, 5) is 55.7. The highest BCUT2D eigenvalue weighted by Crippen LogP contribution is 2.47. The van der Waals surface area contributed by atoms with Gasteiger partial charge in [0.15, 0.2) is 23.0 Å². The Morgan fingerprint density at radius 3 is 2.38 bits per heavy atom. The van der Waals surface area contributed by atoms with Crippen molar-refractivity contribution >= 4 is 23.4 Å². The van der Waals surface area contributed by atoms with E-state index in [4.69, 9.17) is 9.26 Å². The number of likely N-dealkylation sites (tertiary alicyclic amines) is 1. The van der Waals surface area contributed by atoms with E-state index in [1.807, 2.05) is 51.1 Å². The zero-order chi connectivity index (χ0) is 30.3. The van der Waals surface area contributed by atoms with Gasteiger partial charge in [0, 0.05) is 30.9 Å². The van der Waals surface area contributed by atoms with E-state index in [-0.39, 0.29) is 47.5 Å². The molecule has 2 heterocycles. The largest absolute Gasteiger partial charge is 0.382 e. The highest BCUT2D eigenvalue weighted by atomic mass is 16.5. The van der Waals surface area contributed by atoms with E-state index in [2.05, 4.69) is 20.7 Å². The molecule has 0 radical (unpaired) electrons. The van der Waals surface area contributed by atoms with Crippen molar-refractivity contribution in [1.29, 1.82) is 0 Å². The van der Waals surface area contributed by atoms with Crippen LogP contribution in [0.3, 0.4) is 0 Å². The van der Waals surface area contributed by atoms with Gasteiger partial charge in [-0.3, -0.25) is 24.1 Å². The number of carbonyl (C=O) groups excluding carboxylic acids is 4. The molecular formula is C32H44N4O6. The minimum atomic E-state index is -0.984. The van der Waals surface area contributed by atoms with Crippen LogP contribution in [0.1, 0.15) is 74.7 Å². The lowest BCUT2D eigenvalue weighted by atomic mass is 9.88. The molecule has 0 spiro atoms. The lowest BCUT2D eigenvalue weighted by Crippen LogP contribution is -2.49. The highest BCUT2D eigenvalue weighted by Gasteiger charge is 2.48. The number of methoxy groups -OCH3 is 1. The molecule has 10 nitrogen and oxygen atoms in total. The van der Waals surface area contributed by atoms with Crippen LogP contribution >= 0.6 is 0 Å². The van der Waals surface area contributed by atoms with Crippen molar-refractivity contribution in [3.63, 3.8) is 0 Å². The number of amides is 2. The summed E-state index contributed by atoms with van der Waals surface area (Å²) in [5.41, 5.74) is 0.597. The Morgan fingerprint density at radius 2 is 1.79 bits per heavy atom. The van der Waals surface area contributed by atoms with Crippen LogP contribution in [0.15, 0.2) is 40.9 Å². The first kappa shape index (κ1) is 31.6. The molecule has 1 aromatic carbocycles. The zero-order valence-electron chi connectivity index (χ0n) is 25.2. The third-order valence-corrected chi connectivity index (χ3v) is 8.23. The molecule has 10 heteroatoms. The van der Waals surface area contributed by atoms with Crippen LogP contribution in [0.2, 0.25) is 0 Å². The van der Waals surface area contributed by atoms with Crippen molar-refractivity contribution in [3.05, 3.63) is 53.4 Å². The van der Waals surface area contributed by atoms with Crippen LogP contribution in [0.4, 0.5) is 0 Å². The van der Waals surface area contributed by atoms with Gasteiger partial charge < -0.3 is 19.9 Å². The maximum Gasteiger partial charge on any atom is 0.274 e. The molecule has 1 aromatic heterocycles. The minimum absolute atomic E-state index is 0.0555. The Hall–Kier alpha value is -3.37. The third kappa shape index (κ3) is 8.58. The van der Waals surface area contributed by atoms with E-state index in [9.17, 15) is 19.2 Å². The van der Waals surface area contributed by atoms with Crippen molar-refractivity contribution in [2.75, 3.05) is 26.8 Å². The molecule has 3 atom stereocenters. The number of nitrogens with one attached hydrogen (secondary N) is 2. The van der Waals surface area contributed by atoms with Crippen LogP contribution < -0.4 is 10.6 Å². The molecule has 2 aromatic rings. The predicted octanol–water partition coefficient (Wildman–Crippen LogP) is 3.34. The van der Waals surface area contributed by atoms with Gasteiger partial charge in [-0.2, -0.15) is 0 Å². The van der Waals surface area contributed by atoms with Crippen molar-refractivity contribution < 1.29 is 28.4 Å². The Kier molecular flexibility index (Phi) is 10.7. The zero-order valence-corrected chi connectivity index (χ0v) is 25.2. The van der Waals surface area contributed by atoms with E-state index in [0.29, 0.717) is 25.1 Å². The van der Waals surface area contributed by atoms with Crippen LogP contribution in [-0.2, 0) is 32.1 Å². The smallest absolute Gasteiger partial charge is 0.274 e. The minimum Gasteiger partial charge on any atom is -0.382 e. The van der Waals surface area contributed by atoms with Gasteiger partial charge in [-0.1, -0.05) is 56.3 Å². The summed E-state index contributed by atoms with van der Waals surface area (Å²) >= 11 is 0. The predicted molar refractivity (Wildman–Crippen MR) is 157 cm³/mol. The molecule has 2 aliphatic rings. The molecule has 228 valence electrons. The SMILES string of the molecule is COC[C@H](NC(=O)c1cc(CN2CCC2)on1)C(=O)C[C@@H](Cc1ccccc1)C(=O)N[C@@H](CC(C)C)C(=O)C1(C)CC1. The maximum absolute atomic E-state index is 13.7. The van der Waals surface area contributed by atoms with Crippen molar-refractivity contribution in [2.24, 2.45) is 17.3 Å². The summed E-state index contributed by atoms with van der Waals surface area (Å²) in [5, 5.41) is 9.60. The molecule has 0 bridgehead atoms. The quantitative estimate of drug-likeness (QED) is 0.291. The maximum atomic E-state index is 13.7. The summed E-state index contributed by atoms with van der Waals surface area (Å²) in [7, 11) is 1.45. The second kappa shape index (κ2) is 14.2. The van der Waals surface area contributed by atoms with Gasteiger partial charge >= 0.3 is 0 Å². The van der Waals surface area contributed by atoms with Gasteiger partial charge in [0.2, 0.25) is 5.91 Å². The second-order valence-electron chi connectivity index (χ2n) is 12.5. The number of benzene rings is 1. The second-order valence-corrected chi connectivity index (χ2v) is 12.5. The summed E-state index contributed by atoms with van der Waals surface area (Å²) < 4.78 is 10.6. The Labute approximate surface area is 247 Å². The van der Waals surface area contributed by atoms with Crippen LogP contribution in [-0.4, -0.2) is 72.3 Å². The molecule has 42 heavy (non-hydrogen) atoms. The molecule has 1 aliphatic carbocycles. The topological polar surface area (TPSA) is 131 Å². The van der Waals surface area contributed by atoms with Crippen molar-refractivity contribution in [3.8, 4) is 0 Å². The van der Waals surface area contributed by atoms with Gasteiger partial charge in [0.25, 0.3) is 5.91 Å². The van der Waals surface area contributed by atoms with Crippen molar-refractivity contribution in [1.82, 2.24) is 20.7 Å². The number of hydrogen-bond donors (Lipinski definition) is 2. The molecule has 1 aliphatic heterocycles. The van der Waals surface area contributed by atoms with Crippen LogP contribution in [0, 0.1) is 17.3 Å². The molecule has 0 unspecified atom stereocenters. The molecule has 1 saturated carbocycles. The number of rotatable bonds is 17. The fraction of sp³-hybridized carbons (Fsp3) is 0.594. The number of carbonyl (C=O) groups is 4. The van der Waals surface area contributed by atoms with E-state index in [1.54, 1.807) is 6.07 Å². The fourth-order valence-corrected chi connectivity index (χ4v) is 5.26. The standard InChI is InChI=1S/C32H44N4O6/c1-21(2)15-25(29(38)32(3)11-12-32)33-30(39)23(16-22-9-6-5-7-10-22)17-28(37)27(20-41-4)34-31(40)26-18-24(42-35-26)19-36-13-8-14-36/h5-7,9-10,18,21,23,25,27H,8,11-17,19-20H2,1-4H3,(H,33,39)(H,34,40)/t23-,25+,27+/m1/s1. The number of aromatic nitrogens is 1. The number of Topliss-reactive ketones (excluding diaryl/α,β-unsaturated/α-hetero) is 2.